The number of hydrogen-bond donors (Lipinski definition) is 1. The van der Waals surface area contributed by atoms with E-state index in [1.165, 1.54) is 16.9 Å². The van der Waals surface area contributed by atoms with Gasteiger partial charge in [0, 0.05) is 18.6 Å². The molecule has 2 heterocycles. The average molecular weight is 280 g/mol. The van der Waals surface area contributed by atoms with Crippen LogP contribution in [0.5, 0.6) is 0 Å². The first kappa shape index (κ1) is 11.8. The van der Waals surface area contributed by atoms with Crippen molar-refractivity contribution in [2.75, 3.05) is 0 Å². The monoisotopic (exact) mass is 279 g/mol. The summed E-state index contributed by atoms with van der Waals surface area (Å²) in [7, 11) is 1.61. The predicted molar refractivity (Wildman–Crippen MR) is 67.3 cm³/mol. The first-order valence-corrected chi connectivity index (χ1v) is 5.69. The van der Waals surface area contributed by atoms with Gasteiger partial charge in [-0.15, -0.1) is 5.10 Å². The van der Waals surface area contributed by atoms with E-state index in [1.807, 2.05) is 0 Å². The SMILES string of the molecule is Cn1nnnc1-c1c[nH]c2cc(Cl)c(F)cc2c1=O. The molecule has 0 spiro atoms. The molecule has 96 valence electrons. The predicted octanol–water partition coefficient (Wildman–Crippen LogP) is 1.51. The van der Waals surface area contributed by atoms with Crippen LogP contribution >= 0.6 is 11.6 Å². The Kier molecular flexibility index (Phi) is 2.56. The molecule has 19 heavy (non-hydrogen) atoms. The van der Waals surface area contributed by atoms with Gasteiger partial charge in [0.2, 0.25) is 5.43 Å². The van der Waals surface area contributed by atoms with Crippen molar-refractivity contribution < 1.29 is 4.39 Å². The van der Waals surface area contributed by atoms with Crippen LogP contribution in [0.4, 0.5) is 4.39 Å². The number of H-pyrrole nitrogens is 1. The molecule has 0 saturated heterocycles. The minimum Gasteiger partial charge on any atom is -0.360 e. The summed E-state index contributed by atoms with van der Waals surface area (Å²) in [6.45, 7) is 0. The molecule has 3 rings (SSSR count). The van der Waals surface area contributed by atoms with Gasteiger partial charge >= 0.3 is 0 Å². The number of halogens is 2. The molecule has 2 aromatic heterocycles. The number of aryl methyl sites for hydroxylation is 1. The molecule has 1 aromatic carbocycles. The Hall–Kier alpha value is -2.28. The zero-order valence-electron chi connectivity index (χ0n) is 9.69. The van der Waals surface area contributed by atoms with Crippen LogP contribution in [0.1, 0.15) is 0 Å². The number of benzene rings is 1. The van der Waals surface area contributed by atoms with Crippen molar-refractivity contribution in [2.45, 2.75) is 0 Å². The van der Waals surface area contributed by atoms with E-state index in [9.17, 15) is 9.18 Å². The molecule has 0 aliphatic heterocycles. The highest BCUT2D eigenvalue weighted by Crippen LogP contribution is 2.21. The number of aromatic nitrogens is 5. The number of pyridine rings is 1. The Morgan fingerprint density at radius 1 is 1.42 bits per heavy atom. The van der Waals surface area contributed by atoms with Gasteiger partial charge in [-0.2, -0.15) is 0 Å². The summed E-state index contributed by atoms with van der Waals surface area (Å²) < 4.78 is 14.8. The molecule has 0 aliphatic rings. The number of rotatable bonds is 1. The Morgan fingerprint density at radius 2 is 2.21 bits per heavy atom. The van der Waals surface area contributed by atoms with Crippen molar-refractivity contribution in [1.29, 1.82) is 0 Å². The normalized spacial score (nSPS) is 11.1. The van der Waals surface area contributed by atoms with Gasteiger partial charge in [0.15, 0.2) is 5.82 Å². The van der Waals surface area contributed by atoms with E-state index in [-0.39, 0.29) is 21.4 Å². The molecule has 0 atom stereocenters. The lowest BCUT2D eigenvalue weighted by molar-refractivity contribution is 0.630. The fourth-order valence-electron chi connectivity index (χ4n) is 1.84. The molecule has 3 aromatic rings. The van der Waals surface area contributed by atoms with Gasteiger partial charge in [-0.05, 0) is 22.6 Å². The van der Waals surface area contributed by atoms with Gasteiger partial charge in [-0.3, -0.25) is 4.79 Å². The molecule has 0 fully saturated rings. The summed E-state index contributed by atoms with van der Waals surface area (Å²) in [6, 6.07) is 2.47. The summed E-state index contributed by atoms with van der Waals surface area (Å²) in [6.07, 6.45) is 1.48. The zero-order chi connectivity index (χ0) is 13.6. The van der Waals surface area contributed by atoms with E-state index >= 15 is 0 Å². The molecule has 0 aliphatic carbocycles. The molecule has 0 bridgehead atoms. The lowest BCUT2D eigenvalue weighted by Gasteiger charge is -2.03. The van der Waals surface area contributed by atoms with Gasteiger partial charge in [0.25, 0.3) is 0 Å². The highest BCUT2D eigenvalue weighted by molar-refractivity contribution is 6.31. The number of hydrogen-bond acceptors (Lipinski definition) is 4. The van der Waals surface area contributed by atoms with Crippen molar-refractivity contribution in [1.82, 2.24) is 25.2 Å². The van der Waals surface area contributed by atoms with Crippen LogP contribution in [0, 0.1) is 5.82 Å². The molecule has 0 amide bonds. The van der Waals surface area contributed by atoms with Crippen LogP contribution in [0.15, 0.2) is 23.1 Å². The summed E-state index contributed by atoms with van der Waals surface area (Å²) in [5, 5.41) is 11.0. The van der Waals surface area contributed by atoms with E-state index in [4.69, 9.17) is 11.6 Å². The third-order valence-electron chi connectivity index (χ3n) is 2.78. The van der Waals surface area contributed by atoms with E-state index in [0.717, 1.165) is 6.07 Å². The van der Waals surface area contributed by atoms with Gasteiger partial charge in [-0.1, -0.05) is 11.6 Å². The fraction of sp³-hybridized carbons (Fsp3) is 0.0909. The molecule has 0 saturated carbocycles. The molecule has 0 radical (unpaired) electrons. The molecule has 6 nitrogen and oxygen atoms in total. The maximum Gasteiger partial charge on any atom is 0.200 e. The number of nitrogens with zero attached hydrogens (tertiary/aromatic N) is 4. The van der Waals surface area contributed by atoms with E-state index < -0.39 is 5.82 Å². The van der Waals surface area contributed by atoms with Crippen molar-refractivity contribution in [3.05, 3.63) is 39.4 Å². The quantitative estimate of drug-likeness (QED) is 0.732. The number of nitrogens with one attached hydrogen (secondary N) is 1. The lowest BCUT2D eigenvalue weighted by atomic mass is 10.1. The maximum absolute atomic E-state index is 13.5. The largest absolute Gasteiger partial charge is 0.360 e. The summed E-state index contributed by atoms with van der Waals surface area (Å²) >= 11 is 5.67. The van der Waals surface area contributed by atoms with Crippen LogP contribution in [-0.2, 0) is 7.05 Å². The summed E-state index contributed by atoms with van der Waals surface area (Å²) in [5.41, 5.74) is 0.360. The number of tetrazole rings is 1. The molecule has 1 N–H and O–H groups in total. The maximum atomic E-state index is 13.5. The highest BCUT2D eigenvalue weighted by atomic mass is 35.5. The first-order chi connectivity index (χ1) is 9.08. The topological polar surface area (TPSA) is 76.5 Å². The van der Waals surface area contributed by atoms with Gasteiger partial charge in [-0.25, -0.2) is 9.07 Å². The Morgan fingerprint density at radius 3 is 2.89 bits per heavy atom. The van der Waals surface area contributed by atoms with Gasteiger partial charge < -0.3 is 4.98 Å². The van der Waals surface area contributed by atoms with Gasteiger partial charge in [0.1, 0.15) is 5.82 Å². The minimum absolute atomic E-state index is 0.0452. The van der Waals surface area contributed by atoms with Crippen LogP contribution in [0.2, 0.25) is 5.02 Å². The van der Waals surface area contributed by atoms with Crippen LogP contribution in [0.3, 0.4) is 0 Å². The van der Waals surface area contributed by atoms with E-state index in [1.54, 1.807) is 7.05 Å². The Balaban J connectivity index is 2.36. The van der Waals surface area contributed by atoms with Gasteiger partial charge in [0.05, 0.1) is 16.1 Å². The zero-order valence-corrected chi connectivity index (χ0v) is 10.4. The number of aromatic amines is 1. The fourth-order valence-corrected chi connectivity index (χ4v) is 2.00. The molecule has 0 unspecified atom stereocenters. The third-order valence-corrected chi connectivity index (χ3v) is 3.07. The first-order valence-electron chi connectivity index (χ1n) is 5.31. The minimum atomic E-state index is -0.645. The third kappa shape index (κ3) is 1.78. The smallest absolute Gasteiger partial charge is 0.200 e. The van der Waals surface area contributed by atoms with Crippen LogP contribution in [0.25, 0.3) is 22.3 Å². The molecular weight excluding hydrogens is 273 g/mol. The van der Waals surface area contributed by atoms with Crippen molar-refractivity contribution in [3.63, 3.8) is 0 Å². The Labute approximate surface area is 110 Å². The van der Waals surface area contributed by atoms with Crippen LogP contribution < -0.4 is 5.43 Å². The van der Waals surface area contributed by atoms with Crippen molar-refractivity contribution in [3.8, 4) is 11.4 Å². The highest BCUT2D eigenvalue weighted by Gasteiger charge is 2.14. The van der Waals surface area contributed by atoms with E-state index in [2.05, 4.69) is 20.5 Å². The Bertz CT molecular complexity index is 841. The molecular formula is C11H7ClFN5O. The summed E-state index contributed by atoms with van der Waals surface area (Å²) in [5.74, 6) is -0.341. The standard InChI is InChI=1S/C11H7ClFN5O/c1-18-11(15-16-17-18)6-4-14-9-3-7(12)8(13)2-5(9)10(6)19/h2-4H,1H3,(H,14,19). The van der Waals surface area contributed by atoms with Crippen LogP contribution in [-0.4, -0.2) is 25.2 Å². The lowest BCUT2D eigenvalue weighted by Crippen LogP contribution is -2.10. The average Bonchev–Trinajstić information content (AvgIpc) is 2.79. The molecule has 8 heteroatoms. The van der Waals surface area contributed by atoms with Crippen molar-refractivity contribution in [2.24, 2.45) is 7.05 Å². The van der Waals surface area contributed by atoms with E-state index in [0.29, 0.717) is 11.3 Å². The van der Waals surface area contributed by atoms with Crippen molar-refractivity contribution >= 4 is 22.5 Å². The second-order valence-electron chi connectivity index (χ2n) is 3.97. The second-order valence-corrected chi connectivity index (χ2v) is 4.38. The summed E-state index contributed by atoms with van der Waals surface area (Å²) in [4.78, 5) is 15.2. The second kappa shape index (κ2) is 4.13. The number of fused-ring (bicyclic) bond motifs is 1.